The number of imidazole rings is 1. The number of anilines is 1. The number of amides is 1. The zero-order valence-corrected chi connectivity index (χ0v) is 17.9. The van der Waals surface area contributed by atoms with Crippen LogP contribution in [0.4, 0.5) is 19.0 Å². The Labute approximate surface area is 192 Å². The molecule has 1 aliphatic heterocycles. The highest BCUT2D eigenvalue weighted by Gasteiger charge is 2.40. The summed E-state index contributed by atoms with van der Waals surface area (Å²) in [5.74, 6) is -0.0211. The van der Waals surface area contributed by atoms with Crippen molar-refractivity contribution in [2.24, 2.45) is 4.99 Å². The number of alkyl halides is 3. The molecule has 172 valence electrons. The van der Waals surface area contributed by atoms with E-state index in [4.69, 9.17) is 5.26 Å². The van der Waals surface area contributed by atoms with Gasteiger partial charge in [-0.3, -0.25) is 9.79 Å². The fraction of sp³-hybridized carbons (Fsp3) is 0.217. The van der Waals surface area contributed by atoms with Crippen LogP contribution in [-0.4, -0.2) is 43.9 Å². The largest absolute Gasteiger partial charge is 0.411 e. The molecule has 3 aromatic heterocycles. The average Bonchev–Trinajstić information content (AvgIpc) is 3.19. The number of aromatic nitrogens is 4. The monoisotopic (exact) mass is 465 g/mol. The second-order valence-corrected chi connectivity index (χ2v) is 7.58. The number of nitriles is 1. The lowest BCUT2D eigenvalue weighted by Crippen LogP contribution is -2.28. The smallest absolute Gasteiger partial charge is 0.325 e. The van der Waals surface area contributed by atoms with Gasteiger partial charge in [0.15, 0.2) is 0 Å². The molecule has 0 bridgehead atoms. The minimum Gasteiger partial charge on any atom is -0.325 e. The minimum atomic E-state index is -4.43. The van der Waals surface area contributed by atoms with Gasteiger partial charge < -0.3 is 9.88 Å². The van der Waals surface area contributed by atoms with Crippen molar-refractivity contribution in [3.05, 3.63) is 66.1 Å². The zero-order chi connectivity index (χ0) is 24.3. The molecule has 4 heterocycles. The van der Waals surface area contributed by atoms with Crippen LogP contribution in [0.25, 0.3) is 16.7 Å². The van der Waals surface area contributed by atoms with Gasteiger partial charge in [0.1, 0.15) is 30.2 Å². The number of carbonyl (C=O) groups excluding carboxylic acids is 1. The van der Waals surface area contributed by atoms with E-state index < -0.39 is 12.2 Å². The number of aliphatic imine (C=N–C) groups is 1. The molecule has 1 aliphatic rings. The van der Waals surface area contributed by atoms with Gasteiger partial charge in [-0.1, -0.05) is 0 Å². The first-order chi connectivity index (χ1) is 16.2. The Hall–Kier alpha value is -4.33. The molecule has 0 aliphatic carbocycles. The molecule has 0 radical (unpaired) electrons. The lowest BCUT2D eigenvalue weighted by molar-refractivity contribution is -0.145. The third-order valence-electron chi connectivity index (χ3n) is 5.29. The SMILES string of the molecule is Cc1c(C2=CC=NC(C(F)(F)F)C2)ncn1CC(=O)Nc1ccc(-c2ccc(C#N)nc2)cn1. The number of rotatable bonds is 5. The summed E-state index contributed by atoms with van der Waals surface area (Å²) in [5, 5.41) is 11.5. The molecule has 11 heteroatoms. The summed E-state index contributed by atoms with van der Waals surface area (Å²) in [6.07, 6.45) is 2.50. The molecule has 0 saturated heterocycles. The summed E-state index contributed by atoms with van der Waals surface area (Å²) >= 11 is 0. The maximum absolute atomic E-state index is 13.0. The van der Waals surface area contributed by atoms with E-state index in [1.807, 2.05) is 6.07 Å². The molecule has 34 heavy (non-hydrogen) atoms. The zero-order valence-electron chi connectivity index (χ0n) is 17.9. The highest BCUT2D eigenvalue weighted by molar-refractivity contribution is 5.90. The molecule has 0 fully saturated rings. The highest BCUT2D eigenvalue weighted by atomic mass is 19.4. The molecule has 4 rings (SSSR count). The van der Waals surface area contributed by atoms with Crippen molar-refractivity contribution in [1.29, 1.82) is 5.26 Å². The summed E-state index contributed by atoms with van der Waals surface area (Å²) < 4.78 is 40.6. The van der Waals surface area contributed by atoms with E-state index in [0.717, 1.165) is 17.3 Å². The molecule has 1 unspecified atom stereocenters. The normalized spacial score (nSPS) is 15.5. The Bertz CT molecular complexity index is 1300. The first-order valence-electron chi connectivity index (χ1n) is 10.2. The van der Waals surface area contributed by atoms with Crippen molar-refractivity contribution >= 4 is 23.5 Å². The van der Waals surface area contributed by atoms with Gasteiger partial charge in [-0.05, 0) is 42.8 Å². The molecule has 0 saturated carbocycles. The predicted octanol–water partition coefficient (Wildman–Crippen LogP) is 3.95. The Morgan fingerprint density at radius 2 is 1.91 bits per heavy atom. The number of hydrogen-bond donors (Lipinski definition) is 1. The van der Waals surface area contributed by atoms with Crippen molar-refractivity contribution in [2.45, 2.75) is 32.1 Å². The van der Waals surface area contributed by atoms with Gasteiger partial charge in [0.2, 0.25) is 5.91 Å². The van der Waals surface area contributed by atoms with Crippen LogP contribution in [0.1, 0.15) is 23.5 Å². The van der Waals surface area contributed by atoms with Crippen LogP contribution in [0, 0.1) is 18.3 Å². The maximum atomic E-state index is 13.0. The molecule has 8 nitrogen and oxygen atoms in total. The van der Waals surface area contributed by atoms with Crippen LogP contribution in [0.3, 0.4) is 0 Å². The second kappa shape index (κ2) is 9.27. The summed E-state index contributed by atoms with van der Waals surface area (Å²) in [4.78, 5) is 28.5. The van der Waals surface area contributed by atoms with Gasteiger partial charge in [0.25, 0.3) is 0 Å². The average molecular weight is 465 g/mol. The van der Waals surface area contributed by atoms with E-state index in [1.165, 1.54) is 12.4 Å². The van der Waals surface area contributed by atoms with Crippen LogP contribution in [0.5, 0.6) is 0 Å². The van der Waals surface area contributed by atoms with E-state index >= 15 is 0 Å². The van der Waals surface area contributed by atoms with E-state index in [2.05, 4.69) is 25.3 Å². The molecule has 1 N–H and O–H groups in total. The van der Waals surface area contributed by atoms with Crippen LogP contribution in [0.15, 0.2) is 54.1 Å². The second-order valence-electron chi connectivity index (χ2n) is 7.58. The Balaban J connectivity index is 1.40. The number of nitrogens with one attached hydrogen (secondary N) is 1. The number of hydrogen-bond acceptors (Lipinski definition) is 6. The van der Waals surface area contributed by atoms with Gasteiger partial charge in [-0.15, -0.1) is 0 Å². The van der Waals surface area contributed by atoms with Crippen molar-refractivity contribution in [3.8, 4) is 17.2 Å². The lowest BCUT2D eigenvalue weighted by atomic mass is 9.99. The third kappa shape index (κ3) is 5.01. The number of nitrogens with zero attached hydrogens (tertiary/aromatic N) is 6. The standard InChI is InChI=1S/C23H18F3N7O/c1-14-22(15-6-7-28-19(8-15)23(24,25)26)31-13-33(14)12-21(34)32-20-5-3-17(11-30-20)16-2-4-18(9-27)29-10-16/h2-7,10-11,13,19H,8,12H2,1H3,(H,30,32,34). The fourth-order valence-corrected chi connectivity index (χ4v) is 3.47. The Morgan fingerprint density at radius 1 is 1.18 bits per heavy atom. The quantitative estimate of drug-likeness (QED) is 0.614. The van der Waals surface area contributed by atoms with E-state index in [0.29, 0.717) is 28.5 Å². The topological polar surface area (TPSA) is 109 Å². The van der Waals surface area contributed by atoms with E-state index in [-0.39, 0.29) is 18.9 Å². The van der Waals surface area contributed by atoms with Gasteiger partial charge >= 0.3 is 6.18 Å². The van der Waals surface area contributed by atoms with Crippen LogP contribution >= 0.6 is 0 Å². The van der Waals surface area contributed by atoms with Crippen molar-refractivity contribution in [3.63, 3.8) is 0 Å². The van der Waals surface area contributed by atoms with Crippen molar-refractivity contribution < 1.29 is 18.0 Å². The molecular weight excluding hydrogens is 447 g/mol. The van der Waals surface area contributed by atoms with Crippen molar-refractivity contribution in [1.82, 2.24) is 19.5 Å². The van der Waals surface area contributed by atoms with Crippen molar-refractivity contribution in [2.75, 3.05) is 5.32 Å². The molecule has 0 aromatic carbocycles. The lowest BCUT2D eigenvalue weighted by Gasteiger charge is -2.20. The molecule has 1 atom stereocenters. The molecule has 3 aromatic rings. The molecular formula is C23H18F3N7O. The van der Waals surface area contributed by atoms with E-state index in [1.54, 1.807) is 48.1 Å². The number of dihydropyridines is 1. The highest BCUT2D eigenvalue weighted by Crippen LogP contribution is 2.33. The van der Waals surface area contributed by atoms with Gasteiger partial charge in [-0.2, -0.15) is 18.4 Å². The van der Waals surface area contributed by atoms with Gasteiger partial charge in [0, 0.05) is 41.8 Å². The maximum Gasteiger partial charge on any atom is 0.411 e. The fourth-order valence-electron chi connectivity index (χ4n) is 3.47. The number of halogens is 3. The van der Waals surface area contributed by atoms with Crippen LogP contribution in [-0.2, 0) is 11.3 Å². The summed E-state index contributed by atoms with van der Waals surface area (Å²) in [6.45, 7) is 1.62. The van der Waals surface area contributed by atoms with Gasteiger partial charge in [0.05, 0.1) is 12.0 Å². The number of carbonyl (C=O) groups is 1. The summed E-state index contributed by atoms with van der Waals surface area (Å²) in [6, 6.07) is 6.92. The van der Waals surface area contributed by atoms with Crippen LogP contribution in [0.2, 0.25) is 0 Å². The van der Waals surface area contributed by atoms with Crippen LogP contribution < -0.4 is 5.32 Å². The number of allylic oxidation sites excluding steroid dienone is 1. The summed E-state index contributed by atoms with van der Waals surface area (Å²) in [7, 11) is 0. The minimum absolute atomic E-state index is 0.0775. The molecule has 1 amide bonds. The Morgan fingerprint density at radius 3 is 2.53 bits per heavy atom. The third-order valence-corrected chi connectivity index (χ3v) is 5.29. The first-order valence-corrected chi connectivity index (χ1v) is 10.2. The van der Waals surface area contributed by atoms with E-state index in [9.17, 15) is 18.0 Å². The molecule has 0 spiro atoms. The van der Waals surface area contributed by atoms with Gasteiger partial charge in [-0.25, -0.2) is 15.0 Å². The first kappa shape index (κ1) is 22.8. The number of pyridine rings is 2. The predicted molar refractivity (Wildman–Crippen MR) is 119 cm³/mol. The summed E-state index contributed by atoms with van der Waals surface area (Å²) in [5.41, 5.74) is 3.27. The Kier molecular flexibility index (Phi) is 6.23.